The zero-order valence-corrected chi connectivity index (χ0v) is 13.9. The number of ether oxygens (including phenoxy) is 1. The molecule has 0 bridgehead atoms. The van der Waals surface area contributed by atoms with E-state index in [1.807, 2.05) is 42.5 Å². The van der Waals surface area contributed by atoms with Crippen LogP contribution in [0, 0.1) is 0 Å². The summed E-state index contributed by atoms with van der Waals surface area (Å²) in [7, 11) is 1.54. The molecule has 0 heterocycles. The van der Waals surface area contributed by atoms with Crippen molar-refractivity contribution in [2.24, 2.45) is 0 Å². The third kappa shape index (κ3) is 4.84. The van der Waals surface area contributed by atoms with E-state index in [1.165, 1.54) is 12.6 Å². The van der Waals surface area contributed by atoms with Crippen LogP contribution in [0.5, 0.6) is 5.75 Å². The first-order valence-corrected chi connectivity index (χ1v) is 7.91. The summed E-state index contributed by atoms with van der Waals surface area (Å²) in [5, 5.41) is 5.26. The van der Waals surface area contributed by atoms with Crippen molar-refractivity contribution >= 4 is 11.8 Å². The van der Waals surface area contributed by atoms with Gasteiger partial charge in [-0.05, 0) is 29.7 Å². The highest BCUT2D eigenvalue weighted by molar-refractivity contribution is 5.88. The second-order valence-corrected chi connectivity index (χ2v) is 5.31. The molecule has 1 atom stereocenters. The van der Waals surface area contributed by atoms with E-state index in [4.69, 9.17) is 4.74 Å². The maximum atomic E-state index is 12.1. The number of carbonyl (C=O) groups is 2. The monoisotopic (exact) mass is 326 g/mol. The van der Waals surface area contributed by atoms with Crippen LogP contribution in [0.25, 0.3) is 0 Å². The highest BCUT2D eigenvalue weighted by Crippen LogP contribution is 2.14. The first-order valence-electron chi connectivity index (χ1n) is 7.91. The predicted octanol–water partition coefficient (Wildman–Crippen LogP) is 2.23. The normalized spacial score (nSPS) is 11.4. The second-order valence-electron chi connectivity index (χ2n) is 5.31. The minimum Gasteiger partial charge on any atom is -0.484 e. The Bertz CT molecular complexity index is 669. The number of amides is 2. The molecule has 0 fully saturated rings. The number of hydrogen-bond acceptors (Lipinski definition) is 3. The smallest absolute Gasteiger partial charge is 0.258 e. The van der Waals surface area contributed by atoms with E-state index >= 15 is 0 Å². The molecule has 2 aromatic rings. The molecule has 0 aliphatic rings. The quantitative estimate of drug-likeness (QED) is 0.820. The Hall–Kier alpha value is -2.82. The Morgan fingerprint density at radius 2 is 1.71 bits per heavy atom. The molecule has 0 saturated heterocycles. The Morgan fingerprint density at radius 1 is 1.04 bits per heavy atom. The maximum Gasteiger partial charge on any atom is 0.258 e. The van der Waals surface area contributed by atoms with Gasteiger partial charge in [0.1, 0.15) is 11.8 Å². The number of benzene rings is 2. The summed E-state index contributed by atoms with van der Waals surface area (Å²) in [4.78, 5) is 24.2. The largest absolute Gasteiger partial charge is 0.484 e. The van der Waals surface area contributed by atoms with Crippen LogP contribution in [0.4, 0.5) is 0 Å². The van der Waals surface area contributed by atoms with Gasteiger partial charge in [0.2, 0.25) is 5.91 Å². The van der Waals surface area contributed by atoms with E-state index < -0.39 is 6.04 Å². The van der Waals surface area contributed by atoms with Crippen LogP contribution in [0.1, 0.15) is 24.1 Å². The fourth-order valence-corrected chi connectivity index (χ4v) is 2.26. The molecule has 0 aliphatic heterocycles. The summed E-state index contributed by atoms with van der Waals surface area (Å²) in [6, 6.07) is 15.9. The lowest BCUT2D eigenvalue weighted by atomic mass is 10.1. The summed E-state index contributed by atoms with van der Waals surface area (Å²) in [6.45, 7) is 1.93. The highest BCUT2D eigenvalue weighted by atomic mass is 16.5. The van der Waals surface area contributed by atoms with Crippen molar-refractivity contribution in [1.29, 1.82) is 0 Å². The highest BCUT2D eigenvalue weighted by Gasteiger charge is 2.21. The average molecular weight is 326 g/mol. The Morgan fingerprint density at radius 3 is 2.29 bits per heavy atom. The van der Waals surface area contributed by atoms with E-state index in [0.29, 0.717) is 5.75 Å². The molecular formula is C19H22N2O3. The van der Waals surface area contributed by atoms with Crippen molar-refractivity contribution in [3.05, 3.63) is 65.7 Å². The van der Waals surface area contributed by atoms with Gasteiger partial charge in [-0.1, -0.05) is 49.4 Å². The summed E-state index contributed by atoms with van der Waals surface area (Å²) >= 11 is 0. The molecule has 0 radical (unpaired) electrons. The van der Waals surface area contributed by atoms with Crippen LogP contribution in [-0.4, -0.2) is 25.5 Å². The molecule has 2 N–H and O–H groups in total. The Kier molecular flexibility index (Phi) is 6.37. The second kappa shape index (κ2) is 8.72. The molecule has 2 amide bonds. The summed E-state index contributed by atoms with van der Waals surface area (Å²) in [5.74, 6) is -0.00701. The number of nitrogens with one attached hydrogen (secondary N) is 2. The van der Waals surface area contributed by atoms with Crippen LogP contribution in [0.3, 0.4) is 0 Å². The zero-order chi connectivity index (χ0) is 17.4. The number of likely N-dealkylation sites (N-methyl/N-ethyl adjacent to an activating group) is 1. The summed E-state index contributed by atoms with van der Waals surface area (Å²) in [6.07, 6.45) is 0.950. The molecule has 2 rings (SSSR count). The van der Waals surface area contributed by atoms with Crippen molar-refractivity contribution in [3.63, 3.8) is 0 Å². The van der Waals surface area contributed by atoms with Gasteiger partial charge in [0, 0.05) is 7.05 Å². The van der Waals surface area contributed by atoms with Crippen LogP contribution in [-0.2, 0) is 16.0 Å². The van der Waals surface area contributed by atoms with Crippen molar-refractivity contribution in [1.82, 2.24) is 10.6 Å². The number of rotatable bonds is 7. The van der Waals surface area contributed by atoms with Crippen molar-refractivity contribution in [2.75, 3.05) is 13.7 Å². The van der Waals surface area contributed by atoms with Crippen molar-refractivity contribution in [2.45, 2.75) is 19.4 Å². The van der Waals surface area contributed by atoms with E-state index in [0.717, 1.165) is 12.0 Å². The standard InChI is InChI=1S/C19H22N2O3/c1-3-14-9-11-16(12-10-14)24-13-17(22)21-18(19(23)20-2)15-7-5-4-6-8-15/h4-12,18H,3,13H2,1-2H3,(H,20,23)(H,21,22). The van der Waals surface area contributed by atoms with Gasteiger partial charge in [-0.25, -0.2) is 0 Å². The van der Waals surface area contributed by atoms with E-state index in [2.05, 4.69) is 17.6 Å². The van der Waals surface area contributed by atoms with Gasteiger partial charge < -0.3 is 15.4 Å². The molecule has 5 heteroatoms. The molecule has 24 heavy (non-hydrogen) atoms. The van der Waals surface area contributed by atoms with Gasteiger partial charge in [0.15, 0.2) is 6.61 Å². The third-order valence-corrected chi connectivity index (χ3v) is 3.65. The Balaban J connectivity index is 1.96. The molecule has 5 nitrogen and oxygen atoms in total. The van der Waals surface area contributed by atoms with Crippen LogP contribution >= 0.6 is 0 Å². The van der Waals surface area contributed by atoms with Crippen LogP contribution < -0.4 is 15.4 Å². The van der Waals surface area contributed by atoms with Gasteiger partial charge in [-0.3, -0.25) is 9.59 Å². The number of aryl methyl sites for hydroxylation is 1. The molecule has 1 unspecified atom stereocenters. The topological polar surface area (TPSA) is 67.4 Å². The molecule has 0 spiro atoms. The van der Waals surface area contributed by atoms with Crippen molar-refractivity contribution < 1.29 is 14.3 Å². The maximum absolute atomic E-state index is 12.1. The van der Waals surface area contributed by atoms with Crippen LogP contribution in [0.15, 0.2) is 54.6 Å². The fourth-order valence-electron chi connectivity index (χ4n) is 2.26. The van der Waals surface area contributed by atoms with Gasteiger partial charge in [-0.15, -0.1) is 0 Å². The molecule has 0 aliphatic carbocycles. The fraction of sp³-hybridized carbons (Fsp3) is 0.263. The van der Waals surface area contributed by atoms with E-state index in [1.54, 1.807) is 12.1 Å². The van der Waals surface area contributed by atoms with E-state index in [9.17, 15) is 9.59 Å². The number of hydrogen-bond donors (Lipinski definition) is 2. The average Bonchev–Trinajstić information content (AvgIpc) is 2.65. The molecule has 0 aromatic heterocycles. The Labute approximate surface area is 142 Å². The predicted molar refractivity (Wildman–Crippen MR) is 92.7 cm³/mol. The lowest BCUT2D eigenvalue weighted by Gasteiger charge is -2.18. The minimum atomic E-state index is -0.741. The van der Waals surface area contributed by atoms with E-state index in [-0.39, 0.29) is 18.4 Å². The third-order valence-electron chi connectivity index (χ3n) is 3.65. The summed E-state index contributed by atoms with van der Waals surface area (Å²) in [5.41, 5.74) is 1.92. The SMILES string of the molecule is CCc1ccc(OCC(=O)NC(C(=O)NC)c2ccccc2)cc1. The molecule has 2 aromatic carbocycles. The van der Waals surface area contributed by atoms with Gasteiger partial charge >= 0.3 is 0 Å². The first-order chi connectivity index (χ1) is 11.6. The first kappa shape index (κ1) is 17.5. The van der Waals surface area contributed by atoms with Gasteiger partial charge in [-0.2, -0.15) is 0 Å². The summed E-state index contributed by atoms with van der Waals surface area (Å²) < 4.78 is 5.47. The molecular weight excluding hydrogens is 304 g/mol. The van der Waals surface area contributed by atoms with Crippen molar-refractivity contribution in [3.8, 4) is 5.75 Å². The number of carbonyl (C=O) groups excluding carboxylic acids is 2. The molecule has 126 valence electrons. The minimum absolute atomic E-state index is 0.147. The zero-order valence-electron chi connectivity index (χ0n) is 13.9. The molecule has 0 saturated carbocycles. The van der Waals surface area contributed by atoms with Gasteiger partial charge in [0.05, 0.1) is 0 Å². The lowest BCUT2D eigenvalue weighted by molar-refractivity contribution is -0.129. The van der Waals surface area contributed by atoms with Crippen LogP contribution in [0.2, 0.25) is 0 Å². The lowest BCUT2D eigenvalue weighted by Crippen LogP contribution is -2.40. The van der Waals surface area contributed by atoms with Gasteiger partial charge in [0.25, 0.3) is 5.91 Å².